The third kappa shape index (κ3) is 3.92. The molecule has 0 aromatic rings. The summed E-state index contributed by atoms with van der Waals surface area (Å²) in [6.07, 6.45) is 0.0509. The average Bonchev–Trinajstić information content (AvgIpc) is 1.38. The van der Waals surface area contributed by atoms with Crippen molar-refractivity contribution in [2.24, 2.45) is 0 Å². The quantitative estimate of drug-likeness (QED) is 0.419. The van der Waals surface area contributed by atoms with Crippen molar-refractivity contribution < 1.29 is 4.84 Å². The van der Waals surface area contributed by atoms with Crippen LogP contribution in [-0.4, -0.2) is 6.10 Å². The molecule has 0 aliphatic heterocycles. The fraction of sp³-hybridized carbons (Fsp3) is 1.00. The molecule has 0 bridgehead atoms. The van der Waals surface area contributed by atoms with Crippen molar-refractivity contribution in [3.8, 4) is 0 Å². The summed E-state index contributed by atoms with van der Waals surface area (Å²) in [6, 6.07) is 0. The Morgan fingerprint density at radius 2 is 1.80 bits per heavy atom. The lowest BCUT2D eigenvalue weighted by atomic mass is 10.5. The summed E-state index contributed by atoms with van der Waals surface area (Å²) in [5.74, 6) is 6.16. The maximum absolute atomic E-state index is 6.16. The van der Waals surface area contributed by atoms with E-state index in [1.807, 2.05) is 13.8 Å². The summed E-state index contributed by atoms with van der Waals surface area (Å²) in [5, 5.41) is 0. The van der Waals surface area contributed by atoms with Gasteiger partial charge in [0, 0.05) is 0 Å². The molecule has 0 saturated carbocycles. The van der Waals surface area contributed by atoms with E-state index in [9.17, 15) is 0 Å². The first-order valence-corrected chi connectivity index (χ1v) is 1.59. The topological polar surface area (TPSA) is 33.0 Å². The summed E-state index contributed by atoms with van der Waals surface area (Å²) in [4.78, 5) is 4.00. The second-order valence-electron chi connectivity index (χ2n) is 1.17. The van der Waals surface area contributed by atoms with E-state index >= 15 is 0 Å². The van der Waals surface area contributed by atoms with Crippen LogP contribution in [0.5, 0.6) is 0 Å². The SMILES string of the molecule is CC(C)O[NH]. The summed E-state index contributed by atoms with van der Waals surface area (Å²) in [6.45, 7) is 3.62. The van der Waals surface area contributed by atoms with Gasteiger partial charge >= 0.3 is 0 Å². The fourth-order valence-electron chi connectivity index (χ4n) is 0. The molecule has 0 fully saturated rings. The van der Waals surface area contributed by atoms with E-state index in [-0.39, 0.29) is 6.10 Å². The maximum Gasteiger partial charge on any atom is 0.0751 e. The Morgan fingerprint density at radius 1 is 1.60 bits per heavy atom. The molecule has 0 unspecified atom stereocenters. The Balaban J connectivity index is 2.54. The van der Waals surface area contributed by atoms with Gasteiger partial charge in [0.05, 0.1) is 6.10 Å². The molecule has 0 aromatic carbocycles. The van der Waals surface area contributed by atoms with Gasteiger partial charge in [0.2, 0.25) is 0 Å². The number of hydrogen-bond donors (Lipinski definition) is 0. The van der Waals surface area contributed by atoms with E-state index in [2.05, 4.69) is 4.84 Å². The molecule has 5 heavy (non-hydrogen) atoms. The van der Waals surface area contributed by atoms with E-state index in [1.54, 1.807) is 0 Å². The van der Waals surface area contributed by atoms with E-state index < -0.39 is 0 Å². The van der Waals surface area contributed by atoms with Gasteiger partial charge in [0.25, 0.3) is 0 Å². The molecule has 2 nitrogen and oxygen atoms in total. The Morgan fingerprint density at radius 3 is 1.80 bits per heavy atom. The van der Waals surface area contributed by atoms with Gasteiger partial charge in [-0.15, -0.1) is 5.90 Å². The normalized spacial score (nSPS) is 9.60. The zero-order chi connectivity index (χ0) is 4.28. The maximum atomic E-state index is 6.16. The Kier molecular flexibility index (Phi) is 2.14. The lowest BCUT2D eigenvalue weighted by molar-refractivity contribution is 0.0625. The summed E-state index contributed by atoms with van der Waals surface area (Å²) < 4.78 is 0. The van der Waals surface area contributed by atoms with Crippen LogP contribution in [0.2, 0.25) is 0 Å². The first-order valence-electron chi connectivity index (χ1n) is 1.59. The molecule has 0 saturated heterocycles. The molecule has 2 heteroatoms. The zero-order valence-corrected chi connectivity index (χ0v) is 3.49. The highest BCUT2D eigenvalue weighted by Crippen LogP contribution is 1.76. The standard InChI is InChI=1S/C3H8NO/c1-3(2)5-4/h3-4H,1-2H3. The summed E-state index contributed by atoms with van der Waals surface area (Å²) in [7, 11) is 0. The smallest absolute Gasteiger partial charge is 0.0751 e. The van der Waals surface area contributed by atoms with Gasteiger partial charge in [-0.05, 0) is 13.8 Å². The molecule has 0 rings (SSSR count). The molecular weight excluding hydrogens is 66.0 g/mol. The molecule has 0 spiro atoms. The molecule has 0 heterocycles. The van der Waals surface area contributed by atoms with Crippen LogP contribution in [0.3, 0.4) is 0 Å². The van der Waals surface area contributed by atoms with Gasteiger partial charge in [-0.2, -0.15) is 0 Å². The van der Waals surface area contributed by atoms with Gasteiger partial charge in [-0.1, -0.05) is 0 Å². The lowest BCUT2D eigenvalue weighted by Crippen LogP contribution is -1.97. The largest absolute Gasteiger partial charge is 0.282 e. The van der Waals surface area contributed by atoms with Crippen LogP contribution in [0.15, 0.2) is 0 Å². The van der Waals surface area contributed by atoms with Crippen molar-refractivity contribution in [2.45, 2.75) is 20.0 Å². The lowest BCUT2D eigenvalue weighted by Gasteiger charge is -1.92. The second-order valence-corrected chi connectivity index (χ2v) is 1.17. The number of hydrogen-bond acceptors (Lipinski definition) is 1. The number of rotatable bonds is 1. The molecule has 0 aromatic heterocycles. The monoisotopic (exact) mass is 74.1 g/mol. The van der Waals surface area contributed by atoms with E-state index in [4.69, 9.17) is 5.90 Å². The minimum atomic E-state index is 0.0509. The van der Waals surface area contributed by atoms with E-state index in [1.165, 1.54) is 0 Å². The molecule has 31 valence electrons. The van der Waals surface area contributed by atoms with E-state index in [0.29, 0.717) is 0 Å². The van der Waals surface area contributed by atoms with Crippen molar-refractivity contribution in [2.75, 3.05) is 0 Å². The van der Waals surface area contributed by atoms with Gasteiger partial charge < -0.3 is 0 Å². The first-order chi connectivity index (χ1) is 2.27. The van der Waals surface area contributed by atoms with E-state index in [0.717, 1.165) is 0 Å². The Labute approximate surface area is 31.9 Å². The minimum absolute atomic E-state index is 0.0509. The molecule has 1 radical (unpaired) electrons. The van der Waals surface area contributed by atoms with Crippen LogP contribution in [-0.2, 0) is 4.84 Å². The number of nitrogens with one attached hydrogen (secondary N) is 1. The highest BCUT2D eigenvalue weighted by molar-refractivity contribution is 4.25. The third-order valence-electron chi connectivity index (χ3n) is 0.236. The minimum Gasteiger partial charge on any atom is -0.282 e. The highest BCUT2D eigenvalue weighted by Gasteiger charge is 1.80. The predicted octanol–water partition coefficient (Wildman–Crippen LogP) is 0.609. The molecule has 0 amide bonds. The zero-order valence-electron chi connectivity index (χ0n) is 3.49. The van der Waals surface area contributed by atoms with Crippen LogP contribution in [0.4, 0.5) is 0 Å². The average molecular weight is 74.1 g/mol. The van der Waals surface area contributed by atoms with Crippen molar-refractivity contribution in [3.05, 3.63) is 0 Å². The molecule has 0 aliphatic carbocycles. The summed E-state index contributed by atoms with van der Waals surface area (Å²) >= 11 is 0. The third-order valence-corrected chi connectivity index (χ3v) is 0.236. The van der Waals surface area contributed by atoms with Gasteiger partial charge in [0.15, 0.2) is 0 Å². The second kappa shape index (κ2) is 2.18. The summed E-state index contributed by atoms with van der Waals surface area (Å²) in [5.41, 5.74) is 0. The van der Waals surface area contributed by atoms with Crippen LogP contribution in [0, 0.1) is 0 Å². The van der Waals surface area contributed by atoms with Gasteiger partial charge in [-0.25, -0.2) is 0 Å². The van der Waals surface area contributed by atoms with Crippen molar-refractivity contribution in [1.29, 1.82) is 0 Å². The fourth-order valence-corrected chi connectivity index (χ4v) is 0. The van der Waals surface area contributed by atoms with Crippen molar-refractivity contribution >= 4 is 0 Å². The Hall–Kier alpha value is -0.0800. The van der Waals surface area contributed by atoms with Crippen molar-refractivity contribution in [1.82, 2.24) is 5.90 Å². The van der Waals surface area contributed by atoms with Gasteiger partial charge in [0.1, 0.15) is 0 Å². The molecule has 0 atom stereocenters. The molecule has 1 N–H and O–H groups in total. The van der Waals surface area contributed by atoms with Crippen LogP contribution in [0.25, 0.3) is 0 Å². The molecule has 0 aliphatic rings. The highest BCUT2D eigenvalue weighted by atomic mass is 16.6. The van der Waals surface area contributed by atoms with Crippen LogP contribution in [0.1, 0.15) is 13.8 Å². The van der Waals surface area contributed by atoms with Crippen molar-refractivity contribution in [3.63, 3.8) is 0 Å². The predicted molar refractivity (Wildman–Crippen MR) is 19.3 cm³/mol. The van der Waals surface area contributed by atoms with Crippen LogP contribution < -0.4 is 5.90 Å². The van der Waals surface area contributed by atoms with Gasteiger partial charge in [-0.3, -0.25) is 4.84 Å². The van der Waals surface area contributed by atoms with Crippen LogP contribution >= 0.6 is 0 Å². The first kappa shape index (κ1) is 4.92. The molecular formula is C3H8NO. The Bertz CT molecular complexity index is 20.9.